The molecule has 1 aliphatic carbocycles. The van der Waals surface area contributed by atoms with E-state index >= 15 is 0 Å². The molecule has 2 atom stereocenters. The van der Waals surface area contributed by atoms with Crippen LogP contribution in [0.15, 0.2) is 60.8 Å². The van der Waals surface area contributed by atoms with Crippen LogP contribution in [0.1, 0.15) is 41.1 Å². The maximum absolute atomic E-state index is 11.8. The Morgan fingerprint density at radius 1 is 1.13 bits per heavy atom. The summed E-state index contributed by atoms with van der Waals surface area (Å²) in [5, 5.41) is 9.45. The molecule has 0 aliphatic heterocycles. The normalized spacial score (nSPS) is 18.4. The summed E-state index contributed by atoms with van der Waals surface area (Å²) in [5.41, 5.74) is 4.05. The van der Waals surface area contributed by atoms with Crippen LogP contribution in [0.25, 0.3) is 22.4 Å². The van der Waals surface area contributed by atoms with Crippen molar-refractivity contribution in [2.75, 3.05) is 6.61 Å². The van der Waals surface area contributed by atoms with Gasteiger partial charge in [0.15, 0.2) is 12.0 Å². The number of aliphatic hydroxyl groups excluding tert-OH is 1. The van der Waals surface area contributed by atoms with Gasteiger partial charge in [0.25, 0.3) is 0 Å². The summed E-state index contributed by atoms with van der Waals surface area (Å²) >= 11 is 0. The fourth-order valence-corrected chi connectivity index (χ4v) is 4.41. The van der Waals surface area contributed by atoms with Crippen LogP contribution in [0.4, 0.5) is 0 Å². The number of H-pyrrole nitrogens is 1. The lowest BCUT2D eigenvalue weighted by Crippen LogP contribution is -2.01. The van der Waals surface area contributed by atoms with Crippen molar-refractivity contribution in [1.82, 2.24) is 15.0 Å². The van der Waals surface area contributed by atoms with Gasteiger partial charge in [-0.3, -0.25) is 4.79 Å². The van der Waals surface area contributed by atoms with E-state index in [4.69, 9.17) is 4.74 Å². The van der Waals surface area contributed by atoms with E-state index in [1.807, 2.05) is 48.5 Å². The Balaban J connectivity index is 1.51. The molecule has 1 fully saturated rings. The number of rotatable bonds is 6. The largest absolute Gasteiger partial charge is 0.438 e. The maximum atomic E-state index is 11.8. The van der Waals surface area contributed by atoms with Crippen LogP contribution >= 0.6 is 0 Å². The molecular weight excluding hydrogens is 390 g/mol. The van der Waals surface area contributed by atoms with Gasteiger partial charge in [0.2, 0.25) is 5.88 Å². The highest BCUT2D eigenvalue weighted by molar-refractivity contribution is 5.87. The zero-order valence-corrected chi connectivity index (χ0v) is 17.0. The number of ether oxygens (including phenoxy) is 1. The van der Waals surface area contributed by atoms with Gasteiger partial charge < -0.3 is 14.8 Å². The molecule has 31 heavy (non-hydrogen) atoms. The van der Waals surface area contributed by atoms with Gasteiger partial charge in [0, 0.05) is 18.9 Å². The number of hydrogen-bond donors (Lipinski definition) is 2. The second kappa shape index (κ2) is 8.32. The Labute approximate surface area is 179 Å². The fourth-order valence-electron chi connectivity index (χ4n) is 4.41. The molecule has 0 amide bonds. The summed E-state index contributed by atoms with van der Waals surface area (Å²) in [6, 6.07) is 17.1. The number of aromatic nitrogens is 3. The molecule has 2 N–H and O–H groups in total. The number of pyridine rings is 1. The molecule has 0 spiro atoms. The van der Waals surface area contributed by atoms with E-state index in [2.05, 4.69) is 15.0 Å². The summed E-state index contributed by atoms with van der Waals surface area (Å²) in [7, 11) is 0. The second-order valence-electron chi connectivity index (χ2n) is 8.03. The van der Waals surface area contributed by atoms with Crippen molar-refractivity contribution in [2.24, 2.45) is 5.92 Å². The number of imidazole rings is 1. The molecule has 0 saturated heterocycles. The third kappa shape index (κ3) is 3.82. The van der Waals surface area contributed by atoms with Gasteiger partial charge in [-0.2, -0.15) is 0 Å². The molecule has 5 rings (SSSR count). The minimum atomic E-state index is 0.235. The van der Waals surface area contributed by atoms with Crippen LogP contribution in [-0.2, 0) is 0 Å². The van der Waals surface area contributed by atoms with E-state index in [9.17, 15) is 9.90 Å². The number of aromatic amines is 1. The lowest BCUT2D eigenvalue weighted by atomic mass is 9.97. The van der Waals surface area contributed by atoms with Crippen LogP contribution in [0.2, 0.25) is 0 Å². The Morgan fingerprint density at radius 2 is 2.03 bits per heavy atom. The summed E-state index contributed by atoms with van der Waals surface area (Å²) in [5.74, 6) is 2.26. The molecule has 2 aromatic carbocycles. The highest BCUT2D eigenvalue weighted by atomic mass is 16.5. The Kier molecular flexibility index (Phi) is 5.22. The molecule has 6 nitrogen and oxygen atoms in total. The maximum Gasteiger partial charge on any atom is 0.219 e. The van der Waals surface area contributed by atoms with E-state index in [1.165, 1.54) is 0 Å². The Hall–Kier alpha value is -3.51. The molecule has 156 valence electrons. The van der Waals surface area contributed by atoms with E-state index in [-0.39, 0.29) is 6.61 Å². The zero-order chi connectivity index (χ0) is 21.2. The highest BCUT2D eigenvalue weighted by Crippen LogP contribution is 2.40. The number of carbonyl (C=O) groups is 1. The quantitative estimate of drug-likeness (QED) is 0.429. The van der Waals surface area contributed by atoms with Gasteiger partial charge in [-0.1, -0.05) is 18.2 Å². The molecule has 6 heteroatoms. The van der Waals surface area contributed by atoms with Gasteiger partial charge in [0.1, 0.15) is 5.82 Å². The highest BCUT2D eigenvalue weighted by Gasteiger charge is 2.26. The Bertz CT molecular complexity index is 1200. The third-order valence-electron chi connectivity index (χ3n) is 6.05. The molecule has 2 aromatic heterocycles. The first-order valence-corrected chi connectivity index (χ1v) is 10.5. The zero-order valence-electron chi connectivity index (χ0n) is 17.0. The van der Waals surface area contributed by atoms with Gasteiger partial charge in [-0.05, 0) is 67.0 Å². The summed E-state index contributed by atoms with van der Waals surface area (Å²) in [6.07, 6.45) is 5.57. The number of nitrogens with zero attached hydrogens (tertiary/aromatic N) is 2. The average molecular weight is 413 g/mol. The van der Waals surface area contributed by atoms with Gasteiger partial charge >= 0.3 is 0 Å². The van der Waals surface area contributed by atoms with Crippen LogP contribution in [0.3, 0.4) is 0 Å². The number of benzene rings is 2. The first-order valence-electron chi connectivity index (χ1n) is 10.5. The van der Waals surface area contributed by atoms with E-state index in [0.717, 1.165) is 42.1 Å². The monoisotopic (exact) mass is 413 g/mol. The van der Waals surface area contributed by atoms with Crippen molar-refractivity contribution >= 4 is 17.3 Å². The molecule has 0 radical (unpaired) electrons. The first kappa shape index (κ1) is 19.5. The average Bonchev–Trinajstić information content (AvgIpc) is 3.46. The van der Waals surface area contributed by atoms with Crippen LogP contribution in [0, 0.1) is 5.92 Å². The number of aldehydes is 1. The molecule has 0 unspecified atom stereocenters. The van der Waals surface area contributed by atoms with Crippen LogP contribution in [-0.4, -0.2) is 33.0 Å². The second-order valence-corrected chi connectivity index (χ2v) is 8.03. The number of carbonyl (C=O) groups excluding carboxylic acids is 1. The smallest absolute Gasteiger partial charge is 0.219 e. The van der Waals surface area contributed by atoms with Crippen molar-refractivity contribution < 1.29 is 14.6 Å². The standard InChI is InChI=1S/C25H23N3O3/c29-14-16-8-9-17(12-16)18-10-11-26-23(13-18)31-24-19(15-30)4-3-5-20(24)25-27-21-6-1-2-7-22(21)28-25/h1-7,10-11,13,15-17,29H,8-9,12,14H2,(H,27,28)/t16-,17-/m1/s1. The topological polar surface area (TPSA) is 88.1 Å². The van der Waals surface area contributed by atoms with E-state index < -0.39 is 0 Å². The van der Waals surface area contributed by atoms with E-state index in [0.29, 0.717) is 40.4 Å². The SMILES string of the molecule is O=Cc1cccc(-c2nc3ccccc3[nH]2)c1Oc1cc([C@@H]2CC[C@@H](CO)C2)ccn1. The predicted octanol–water partition coefficient (Wildman–Crippen LogP) is 5.11. The minimum Gasteiger partial charge on any atom is -0.438 e. The van der Waals surface area contributed by atoms with Gasteiger partial charge in [0.05, 0.1) is 22.2 Å². The van der Waals surface area contributed by atoms with Crippen molar-refractivity contribution in [3.8, 4) is 23.0 Å². The number of aliphatic hydroxyl groups is 1. The van der Waals surface area contributed by atoms with Gasteiger partial charge in [-0.25, -0.2) is 9.97 Å². The number of para-hydroxylation sites is 3. The summed E-state index contributed by atoms with van der Waals surface area (Å²) in [6.45, 7) is 0.235. The summed E-state index contributed by atoms with van der Waals surface area (Å²) < 4.78 is 6.18. The molecule has 2 heterocycles. The lowest BCUT2D eigenvalue weighted by Gasteiger charge is -2.14. The van der Waals surface area contributed by atoms with Gasteiger partial charge in [-0.15, -0.1) is 0 Å². The Morgan fingerprint density at radius 3 is 2.84 bits per heavy atom. The molecule has 0 bridgehead atoms. The molecule has 1 saturated carbocycles. The van der Waals surface area contributed by atoms with Crippen molar-refractivity contribution in [3.63, 3.8) is 0 Å². The lowest BCUT2D eigenvalue weighted by molar-refractivity contribution is 0.112. The molecular formula is C25H23N3O3. The van der Waals surface area contributed by atoms with E-state index in [1.54, 1.807) is 12.3 Å². The predicted molar refractivity (Wildman–Crippen MR) is 118 cm³/mol. The molecule has 1 aliphatic rings. The number of fused-ring (bicyclic) bond motifs is 1. The third-order valence-corrected chi connectivity index (χ3v) is 6.05. The summed E-state index contributed by atoms with van der Waals surface area (Å²) in [4.78, 5) is 24.1. The van der Waals surface area contributed by atoms with Crippen LogP contribution < -0.4 is 4.74 Å². The minimum absolute atomic E-state index is 0.235. The number of nitrogens with one attached hydrogen (secondary N) is 1. The fraction of sp³-hybridized carbons (Fsp3) is 0.240. The first-order chi connectivity index (χ1) is 15.2. The number of hydrogen-bond acceptors (Lipinski definition) is 5. The van der Waals surface area contributed by atoms with Crippen molar-refractivity contribution in [1.29, 1.82) is 0 Å². The van der Waals surface area contributed by atoms with Crippen molar-refractivity contribution in [3.05, 3.63) is 71.9 Å². The van der Waals surface area contributed by atoms with Crippen molar-refractivity contribution in [2.45, 2.75) is 25.2 Å². The van der Waals surface area contributed by atoms with Crippen LogP contribution in [0.5, 0.6) is 11.6 Å². The molecule has 4 aromatic rings.